The van der Waals surface area contributed by atoms with Crippen molar-refractivity contribution in [1.82, 2.24) is 14.3 Å². The van der Waals surface area contributed by atoms with Crippen LogP contribution in [0.3, 0.4) is 0 Å². The number of nitrogens with zero attached hydrogens (tertiary/aromatic N) is 3. The summed E-state index contributed by atoms with van der Waals surface area (Å²) in [7, 11) is 0. The molecule has 1 N–H and O–H groups in total. The highest BCUT2D eigenvalue weighted by atomic mass is 19.1. The molecule has 0 radical (unpaired) electrons. The van der Waals surface area contributed by atoms with E-state index in [9.17, 15) is 14.0 Å². The van der Waals surface area contributed by atoms with Crippen LogP contribution in [0.5, 0.6) is 0 Å². The van der Waals surface area contributed by atoms with Gasteiger partial charge in [-0.2, -0.15) is 5.10 Å². The molecule has 0 atom stereocenters. The van der Waals surface area contributed by atoms with Crippen LogP contribution in [-0.2, 0) is 17.9 Å². The second kappa shape index (κ2) is 8.18. The van der Waals surface area contributed by atoms with E-state index in [1.807, 2.05) is 49.6 Å². The third-order valence-corrected chi connectivity index (χ3v) is 5.57. The zero-order valence-electron chi connectivity index (χ0n) is 17.6. The summed E-state index contributed by atoms with van der Waals surface area (Å²) in [5.74, 6) is -0.603. The number of para-hydroxylation sites is 1. The van der Waals surface area contributed by atoms with Gasteiger partial charge in [0.1, 0.15) is 12.4 Å². The topological polar surface area (TPSA) is 68.9 Å². The van der Waals surface area contributed by atoms with Gasteiger partial charge in [-0.1, -0.05) is 30.3 Å². The highest BCUT2D eigenvalue weighted by molar-refractivity contribution is 5.92. The lowest BCUT2D eigenvalue weighted by molar-refractivity contribution is -0.117. The molecule has 31 heavy (non-hydrogen) atoms. The average molecular weight is 418 g/mol. The molecule has 0 aliphatic carbocycles. The lowest BCUT2D eigenvalue weighted by atomic mass is 10.2. The van der Waals surface area contributed by atoms with Crippen molar-refractivity contribution in [3.8, 4) is 0 Å². The molecule has 2 heterocycles. The van der Waals surface area contributed by atoms with Gasteiger partial charge in [-0.25, -0.2) is 9.07 Å². The van der Waals surface area contributed by atoms with Crippen molar-refractivity contribution in [2.45, 2.75) is 33.9 Å². The van der Waals surface area contributed by atoms with Gasteiger partial charge in [-0.3, -0.25) is 9.59 Å². The van der Waals surface area contributed by atoms with Crippen LogP contribution >= 0.6 is 0 Å². The van der Waals surface area contributed by atoms with Crippen molar-refractivity contribution in [2.75, 3.05) is 5.32 Å². The van der Waals surface area contributed by atoms with Crippen molar-refractivity contribution >= 4 is 22.4 Å². The number of hydrogen-bond acceptors (Lipinski definition) is 3. The summed E-state index contributed by atoms with van der Waals surface area (Å²) in [6, 6.07) is 13.8. The fourth-order valence-electron chi connectivity index (χ4n) is 3.81. The van der Waals surface area contributed by atoms with Crippen LogP contribution in [0.2, 0.25) is 0 Å². The number of carbonyl (C=O) groups excluding carboxylic acids is 1. The van der Waals surface area contributed by atoms with Gasteiger partial charge < -0.3 is 9.88 Å². The molecule has 2 aromatic heterocycles. The summed E-state index contributed by atoms with van der Waals surface area (Å²) in [4.78, 5) is 25.6. The minimum Gasteiger partial charge on any atom is -0.343 e. The molecule has 7 heteroatoms. The number of rotatable bonds is 5. The first-order valence-corrected chi connectivity index (χ1v) is 10.0. The van der Waals surface area contributed by atoms with Crippen molar-refractivity contribution in [2.24, 2.45) is 0 Å². The van der Waals surface area contributed by atoms with Crippen LogP contribution in [0.15, 0.2) is 59.5 Å². The van der Waals surface area contributed by atoms with Crippen LogP contribution in [0, 0.1) is 26.6 Å². The molecule has 0 bridgehead atoms. The molecular weight excluding hydrogens is 395 g/mol. The number of nitrogens with one attached hydrogen (secondary N) is 1. The van der Waals surface area contributed by atoms with Gasteiger partial charge in [0, 0.05) is 29.0 Å². The van der Waals surface area contributed by atoms with Gasteiger partial charge in [-0.15, -0.1) is 0 Å². The average Bonchev–Trinajstić information content (AvgIpc) is 2.98. The molecule has 1 amide bonds. The molecule has 0 saturated heterocycles. The molecule has 0 unspecified atom stereocenters. The second-order valence-corrected chi connectivity index (χ2v) is 7.64. The Hall–Kier alpha value is -3.74. The lowest BCUT2D eigenvalue weighted by Gasteiger charge is -2.09. The SMILES string of the molecule is Cc1ccccc1NC(=O)Cn1ncc2c(C)n(Cc3ccc(F)cc3)c(C)c2c1=O. The van der Waals surface area contributed by atoms with Crippen LogP contribution in [0.25, 0.3) is 10.8 Å². The number of hydrogen-bond donors (Lipinski definition) is 1. The minimum atomic E-state index is -0.316. The van der Waals surface area contributed by atoms with E-state index in [1.54, 1.807) is 18.3 Å². The van der Waals surface area contributed by atoms with Crippen LogP contribution < -0.4 is 10.9 Å². The third-order valence-electron chi connectivity index (χ3n) is 5.57. The van der Waals surface area contributed by atoms with Crippen molar-refractivity contribution in [1.29, 1.82) is 0 Å². The van der Waals surface area contributed by atoms with Crippen LogP contribution in [0.1, 0.15) is 22.5 Å². The van der Waals surface area contributed by atoms with E-state index in [1.165, 1.54) is 16.8 Å². The highest BCUT2D eigenvalue weighted by Crippen LogP contribution is 2.23. The number of anilines is 1. The Morgan fingerprint density at radius 3 is 2.45 bits per heavy atom. The zero-order chi connectivity index (χ0) is 22.1. The Bertz CT molecular complexity index is 1340. The fourth-order valence-corrected chi connectivity index (χ4v) is 3.81. The van der Waals surface area contributed by atoms with E-state index in [0.29, 0.717) is 17.6 Å². The maximum absolute atomic E-state index is 13.2. The summed E-state index contributed by atoms with van der Waals surface area (Å²) < 4.78 is 16.4. The normalized spacial score (nSPS) is 11.1. The number of aryl methyl sites for hydroxylation is 3. The first-order valence-electron chi connectivity index (χ1n) is 10.0. The summed E-state index contributed by atoms with van der Waals surface area (Å²) in [5, 5.41) is 8.34. The lowest BCUT2D eigenvalue weighted by Crippen LogP contribution is -2.29. The van der Waals surface area contributed by atoms with Gasteiger partial charge in [-0.05, 0) is 50.1 Å². The van der Waals surface area contributed by atoms with Gasteiger partial charge in [0.25, 0.3) is 5.56 Å². The molecule has 2 aromatic carbocycles. The van der Waals surface area contributed by atoms with Crippen LogP contribution in [-0.4, -0.2) is 20.3 Å². The maximum atomic E-state index is 13.2. The number of amides is 1. The number of benzene rings is 2. The fraction of sp³-hybridized carbons (Fsp3) is 0.208. The Labute approximate surface area is 178 Å². The molecule has 0 spiro atoms. The standard InChI is InChI=1S/C24H23FN4O2/c1-15-6-4-5-7-21(15)27-22(30)14-29-24(31)23-17(3)28(16(2)20(23)12-26-29)13-18-8-10-19(25)11-9-18/h4-12H,13-14H2,1-3H3,(H,27,30). The van der Waals surface area contributed by atoms with E-state index in [-0.39, 0.29) is 23.8 Å². The molecule has 0 aliphatic heterocycles. The maximum Gasteiger partial charge on any atom is 0.276 e. The Kier molecular flexibility index (Phi) is 5.42. The number of carbonyl (C=O) groups is 1. The molecule has 0 aliphatic rings. The van der Waals surface area contributed by atoms with Gasteiger partial charge in [0.2, 0.25) is 5.91 Å². The highest BCUT2D eigenvalue weighted by Gasteiger charge is 2.17. The number of aromatic nitrogens is 3. The van der Waals surface area contributed by atoms with Gasteiger partial charge in [0.05, 0.1) is 11.6 Å². The zero-order valence-corrected chi connectivity index (χ0v) is 17.6. The predicted octanol–water partition coefficient (Wildman–Crippen LogP) is 3.95. The van der Waals surface area contributed by atoms with Gasteiger partial charge >= 0.3 is 0 Å². The van der Waals surface area contributed by atoms with Crippen molar-refractivity contribution in [3.63, 3.8) is 0 Å². The summed E-state index contributed by atoms with van der Waals surface area (Å²) in [6.45, 7) is 6.04. The Balaban J connectivity index is 1.65. The third kappa shape index (κ3) is 3.99. The van der Waals surface area contributed by atoms with E-state index < -0.39 is 0 Å². The number of fused-ring (bicyclic) bond motifs is 1. The smallest absolute Gasteiger partial charge is 0.276 e. The van der Waals surface area contributed by atoms with Crippen LogP contribution in [0.4, 0.5) is 10.1 Å². The second-order valence-electron chi connectivity index (χ2n) is 7.64. The monoisotopic (exact) mass is 418 g/mol. The molecule has 0 saturated carbocycles. The molecule has 4 aromatic rings. The summed E-state index contributed by atoms with van der Waals surface area (Å²) >= 11 is 0. The predicted molar refractivity (Wildman–Crippen MR) is 119 cm³/mol. The minimum absolute atomic E-state index is 0.176. The molecular formula is C24H23FN4O2. The summed E-state index contributed by atoms with van der Waals surface area (Å²) in [5.41, 5.74) is 3.96. The Morgan fingerprint density at radius 1 is 1.03 bits per heavy atom. The summed E-state index contributed by atoms with van der Waals surface area (Å²) in [6.07, 6.45) is 1.63. The quantitative estimate of drug-likeness (QED) is 0.534. The molecule has 0 fully saturated rings. The van der Waals surface area contributed by atoms with E-state index in [2.05, 4.69) is 10.4 Å². The first kappa shape index (κ1) is 20.5. The Morgan fingerprint density at radius 2 is 1.74 bits per heavy atom. The van der Waals surface area contributed by atoms with Crippen molar-refractivity contribution < 1.29 is 9.18 Å². The molecule has 6 nitrogen and oxygen atoms in total. The van der Waals surface area contributed by atoms with E-state index >= 15 is 0 Å². The first-order chi connectivity index (χ1) is 14.8. The van der Waals surface area contributed by atoms with E-state index in [0.717, 1.165) is 27.9 Å². The molecule has 4 rings (SSSR count). The van der Waals surface area contributed by atoms with Gasteiger partial charge in [0.15, 0.2) is 0 Å². The van der Waals surface area contributed by atoms with E-state index in [4.69, 9.17) is 0 Å². The number of halogens is 1. The largest absolute Gasteiger partial charge is 0.343 e. The van der Waals surface area contributed by atoms with Crippen molar-refractivity contribution in [3.05, 3.63) is 93.4 Å². The molecule has 158 valence electrons.